The Morgan fingerprint density at radius 2 is 2.10 bits per heavy atom. The van der Waals surface area contributed by atoms with Gasteiger partial charge in [0, 0.05) is 12.5 Å². The van der Waals surface area contributed by atoms with Gasteiger partial charge < -0.3 is 19.4 Å². The number of hydrogen-bond donors (Lipinski definition) is 1. The Labute approximate surface area is 118 Å². The van der Waals surface area contributed by atoms with Crippen LogP contribution in [0.1, 0.15) is 32.3 Å². The van der Waals surface area contributed by atoms with Crippen LogP contribution in [-0.4, -0.2) is 48.5 Å². The predicted molar refractivity (Wildman–Crippen MR) is 73.4 cm³/mol. The van der Waals surface area contributed by atoms with E-state index in [0.717, 1.165) is 5.69 Å². The minimum absolute atomic E-state index is 0.100. The van der Waals surface area contributed by atoms with E-state index in [1.807, 2.05) is 20.8 Å². The van der Waals surface area contributed by atoms with Gasteiger partial charge in [0.2, 0.25) is 0 Å². The maximum atomic E-state index is 8.53. The number of nitrogens with zero attached hydrogens (tertiary/aromatic N) is 3. The zero-order chi connectivity index (χ0) is 15.0. The van der Waals surface area contributed by atoms with Crippen molar-refractivity contribution in [3.8, 4) is 5.75 Å². The number of aromatic nitrogens is 2. The molecule has 0 saturated heterocycles. The third-order valence-electron chi connectivity index (χ3n) is 2.39. The Morgan fingerprint density at radius 1 is 1.35 bits per heavy atom. The highest BCUT2D eigenvalue weighted by Gasteiger charge is 2.22. The van der Waals surface area contributed by atoms with Gasteiger partial charge in [0.1, 0.15) is 6.21 Å². The first-order chi connectivity index (χ1) is 9.49. The molecule has 1 N–H and O–H groups in total. The topological polar surface area (TPSA) is 86.1 Å². The minimum atomic E-state index is -0.233. The molecule has 0 fully saturated rings. The standard InChI is InChI=1S/C13H21N3O4/c1-13(2,3)12-10(20-9-19-6-5-18-4)7-14-11(16-12)8-15-17/h7-8,17H,5-6,9H2,1-4H3/b15-8+. The van der Waals surface area contributed by atoms with Crippen molar-refractivity contribution in [3.05, 3.63) is 17.7 Å². The summed E-state index contributed by atoms with van der Waals surface area (Å²) >= 11 is 0. The number of rotatable bonds is 7. The second kappa shape index (κ2) is 7.76. The van der Waals surface area contributed by atoms with Crippen molar-refractivity contribution in [1.82, 2.24) is 9.97 Å². The molecule has 7 nitrogen and oxygen atoms in total. The molecule has 7 heteroatoms. The molecular formula is C13H21N3O4. The third-order valence-corrected chi connectivity index (χ3v) is 2.39. The lowest BCUT2D eigenvalue weighted by molar-refractivity contribution is -0.00959. The zero-order valence-electron chi connectivity index (χ0n) is 12.3. The molecule has 1 rings (SSSR count). The maximum absolute atomic E-state index is 8.53. The molecule has 0 bridgehead atoms. The summed E-state index contributed by atoms with van der Waals surface area (Å²) in [6.07, 6.45) is 2.72. The van der Waals surface area contributed by atoms with Crippen molar-refractivity contribution in [2.45, 2.75) is 26.2 Å². The zero-order valence-corrected chi connectivity index (χ0v) is 12.3. The number of ether oxygens (including phenoxy) is 3. The molecule has 0 saturated carbocycles. The van der Waals surface area contributed by atoms with Gasteiger partial charge in [-0.1, -0.05) is 25.9 Å². The van der Waals surface area contributed by atoms with Crippen molar-refractivity contribution in [2.24, 2.45) is 5.16 Å². The lowest BCUT2D eigenvalue weighted by Gasteiger charge is -2.21. The van der Waals surface area contributed by atoms with E-state index >= 15 is 0 Å². The highest BCUT2D eigenvalue weighted by Crippen LogP contribution is 2.28. The lowest BCUT2D eigenvalue weighted by Crippen LogP contribution is -2.18. The summed E-state index contributed by atoms with van der Waals surface area (Å²) < 4.78 is 15.7. The molecule has 1 heterocycles. The fraction of sp³-hybridized carbons (Fsp3) is 0.615. The summed E-state index contributed by atoms with van der Waals surface area (Å²) in [6.45, 7) is 7.09. The van der Waals surface area contributed by atoms with Crippen molar-refractivity contribution >= 4 is 6.21 Å². The second-order valence-corrected chi connectivity index (χ2v) is 5.10. The van der Waals surface area contributed by atoms with E-state index in [1.54, 1.807) is 13.3 Å². The lowest BCUT2D eigenvalue weighted by atomic mass is 9.91. The molecule has 0 amide bonds. The number of oxime groups is 1. The van der Waals surface area contributed by atoms with Crippen molar-refractivity contribution in [2.75, 3.05) is 27.1 Å². The van der Waals surface area contributed by atoms with Crippen LogP contribution < -0.4 is 4.74 Å². The summed E-state index contributed by atoms with van der Waals surface area (Å²) in [7, 11) is 1.61. The first kappa shape index (κ1) is 16.3. The molecule has 1 aromatic heterocycles. The Balaban J connectivity index is 2.78. The summed E-state index contributed by atoms with van der Waals surface area (Å²) in [5.74, 6) is 0.870. The molecule has 112 valence electrons. The van der Waals surface area contributed by atoms with E-state index in [2.05, 4.69) is 15.1 Å². The van der Waals surface area contributed by atoms with E-state index in [4.69, 9.17) is 19.4 Å². The molecule has 0 aliphatic rings. The van der Waals surface area contributed by atoms with Gasteiger partial charge in [-0.25, -0.2) is 9.97 Å². The van der Waals surface area contributed by atoms with Gasteiger partial charge in [-0.05, 0) is 0 Å². The molecule has 0 radical (unpaired) electrons. The molecular weight excluding hydrogens is 262 g/mol. The van der Waals surface area contributed by atoms with Gasteiger partial charge in [0.05, 0.1) is 25.1 Å². The van der Waals surface area contributed by atoms with Gasteiger partial charge in [-0.15, -0.1) is 0 Å². The van der Waals surface area contributed by atoms with Gasteiger partial charge >= 0.3 is 0 Å². The third kappa shape index (κ3) is 5.10. The van der Waals surface area contributed by atoms with E-state index in [0.29, 0.717) is 24.8 Å². The molecule has 0 spiro atoms. The van der Waals surface area contributed by atoms with Gasteiger partial charge in [-0.3, -0.25) is 0 Å². The van der Waals surface area contributed by atoms with E-state index in [-0.39, 0.29) is 12.2 Å². The smallest absolute Gasteiger partial charge is 0.189 e. The largest absolute Gasteiger partial charge is 0.464 e. The highest BCUT2D eigenvalue weighted by molar-refractivity contribution is 5.73. The Morgan fingerprint density at radius 3 is 2.70 bits per heavy atom. The Bertz CT molecular complexity index is 444. The monoisotopic (exact) mass is 283 g/mol. The maximum Gasteiger partial charge on any atom is 0.189 e. The van der Waals surface area contributed by atoms with Crippen LogP contribution in [0, 0.1) is 0 Å². The van der Waals surface area contributed by atoms with Crippen LogP contribution in [0.25, 0.3) is 0 Å². The van der Waals surface area contributed by atoms with Crippen LogP contribution in [0.15, 0.2) is 11.4 Å². The van der Waals surface area contributed by atoms with Crippen LogP contribution in [0.4, 0.5) is 0 Å². The molecule has 0 unspecified atom stereocenters. The van der Waals surface area contributed by atoms with E-state index in [9.17, 15) is 0 Å². The molecule has 1 aromatic rings. The first-order valence-corrected chi connectivity index (χ1v) is 6.23. The average Bonchev–Trinajstić information content (AvgIpc) is 2.39. The quantitative estimate of drug-likeness (QED) is 0.269. The highest BCUT2D eigenvalue weighted by atomic mass is 16.7. The van der Waals surface area contributed by atoms with Crippen LogP contribution in [0.3, 0.4) is 0 Å². The van der Waals surface area contributed by atoms with Crippen LogP contribution in [0.2, 0.25) is 0 Å². The fourth-order valence-corrected chi connectivity index (χ4v) is 1.45. The summed E-state index contributed by atoms with van der Waals surface area (Å²) in [5, 5.41) is 11.5. The van der Waals surface area contributed by atoms with E-state index < -0.39 is 0 Å². The van der Waals surface area contributed by atoms with Gasteiger partial charge in [0.25, 0.3) is 0 Å². The predicted octanol–water partition coefficient (Wildman–Crippen LogP) is 1.58. The Hall–Kier alpha value is -1.73. The first-order valence-electron chi connectivity index (χ1n) is 6.23. The fourth-order valence-electron chi connectivity index (χ4n) is 1.45. The van der Waals surface area contributed by atoms with Crippen LogP contribution >= 0.6 is 0 Å². The summed E-state index contributed by atoms with van der Waals surface area (Å²) in [6, 6.07) is 0. The minimum Gasteiger partial charge on any atom is -0.464 e. The van der Waals surface area contributed by atoms with Gasteiger partial charge in [0.15, 0.2) is 18.4 Å². The Kier molecular flexibility index (Phi) is 6.33. The van der Waals surface area contributed by atoms with Crippen molar-refractivity contribution in [3.63, 3.8) is 0 Å². The number of methoxy groups -OCH3 is 1. The van der Waals surface area contributed by atoms with Crippen molar-refractivity contribution in [1.29, 1.82) is 0 Å². The molecule has 20 heavy (non-hydrogen) atoms. The van der Waals surface area contributed by atoms with Crippen molar-refractivity contribution < 1.29 is 19.4 Å². The second-order valence-electron chi connectivity index (χ2n) is 5.10. The van der Waals surface area contributed by atoms with Crippen LogP contribution in [0.5, 0.6) is 5.75 Å². The molecule has 0 atom stereocenters. The number of hydrogen-bond acceptors (Lipinski definition) is 7. The molecule has 0 aromatic carbocycles. The molecule has 0 aliphatic heterocycles. The SMILES string of the molecule is COCCOCOc1cnc(/C=N/O)nc1C(C)(C)C. The average molecular weight is 283 g/mol. The summed E-state index contributed by atoms with van der Waals surface area (Å²) in [5.41, 5.74) is 0.487. The normalized spacial score (nSPS) is 12.0. The van der Waals surface area contributed by atoms with Gasteiger partial charge in [-0.2, -0.15) is 0 Å². The molecule has 0 aliphatic carbocycles. The van der Waals surface area contributed by atoms with Crippen LogP contribution in [-0.2, 0) is 14.9 Å². The summed E-state index contributed by atoms with van der Waals surface area (Å²) in [4.78, 5) is 8.36. The van der Waals surface area contributed by atoms with E-state index in [1.165, 1.54) is 6.21 Å².